The Hall–Kier alpha value is -3.12. The Morgan fingerprint density at radius 3 is 1.85 bits per heavy atom. The molecule has 0 N–H and O–H groups in total. The van der Waals surface area contributed by atoms with Gasteiger partial charge in [0.2, 0.25) is 0 Å². The molecule has 0 fully saturated rings. The minimum absolute atomic E-state index is 0.136. The zero-order valence-corrected chi connectivity index (χ0v) is 15.7. The lowest BCUT2D eigenvalue weighted by atomic mass is 9.73. The van der Waals surface area contributed by atoms with Crippen molar-refractivity contribution >= 4 is 0 Å². The van der Waals surface area contributed by atoms with Crippen LogP contribution in [0.15, 0.2) is 97.1 Å². The fourth-order valence-corrected chi connectivity index (χ4v) is 4.54. The predicted molar refractivity (Wildman–Crippen MR) is 114 cm³/mol. The number of benzene rings is 4. The number of aryl methyl sites for hydroxylation is 1. The van der Waals surface area contributed by atoms with Gasteiger partial charge in [-0.1, -0.05) is 96.6 Å². The molecule has 0 saturated heterocycles. The molecule has 0 spiro atoms. The van der Waals surface area contributed by atoms with Crippen molar-refractivity contribution in [3.8, 4) is 22.3 Å². The summed E-state index contributed by atoms with van der Waals surface area (Å²) in [4.78, 5) is 0. The first kappa shape index (κ1) is 16.1. The van der Waals surface area contributed by atoms with Crippen molar-refractivity contribution in [2.75, 3.05) is 0 Å². The van der Waals surface area contributed by atoms with Gasteiger partial charge >= 0.3 is 0 Å². The van der Waals surface area contributed by atoms with Crippen molar-refractivity contribution < 1.29 is 0 Å². The number of rotatable bonds is 2. The van der Waals surface area contributed by atoms with Crippen LogP contribution >= 0.6 is 0 Å². The number of hydrogen-bond donors (Lipinski definition) is 0. The fraction of sp³-hybridized carbons (Fsp3) is 0.111. The topological polar surface area (TPSA) is 0 Å². The van der Waals surface area contributed by atoms with Crippen LogP contribution in [0.25, 0.3) is 22.3 Å². The van der Waals surface area contributed by atoms with Gasteiger partial charge in [-0.05, 0) is 58.9 Å². The standard InChI is InChI=1S/C27H22/c1-19-13-15-23-24-16-14-21(20-9-5-3-6-10-20)18-26(24)27(2,25(23)17-19)22-11-7-4-8-12-22/h3-18H,1-2H3. The molecule has 0 radical (unpaired) electrons. The van der Waals surface area contributed by atoms with Crippen LogP contribution in [0.3, 0.4) is 0 Å². The highest BCUT2D eigenvalue weighted by atomic mass is 14.4. The maximum absolute atomic E-state index is 2.40. The second-order valence-electron chi connectivity index (χ2n) is 7.67. The largest absolute Gasteiger partial charge is 0.0622 e. The average Bonchev–Trinajstić information content (AvgIpc) is 2.98. The third-order valence-corrected chi connectivity index (χ3v) is 6.02. The molecule has 1 aliphatic rings. The fourth-order valence-electron chi connectivity index (χ4n) is 4.54. The number of hydrogen-bond acceptors (Lipinski definition) is 0. The molecule has 0 nitrogen and oxygen atoms in total. The van der Waals surface area contributed by atoms with Crippen LogP contribution in [0.1, 0.15) is 29.2 Å². The average molecular weight is 346 g/mol. The summed E-state index contributed by atoms with van der Waals surface area (Å²) in [7, 11) is 0. The molecule has 0 aliphatic heterocycles. The first-order valence-electron chi connectivity index (χ1n) is 9.55. The highest BCUT2D eigenvalue weighted by Crippen LogP contribution is 2.53. The summed E-state index contributed by atoms with van der Waals surface area (Å²) in [6.07, 6.45) is 0. The van der Waals surface area contributed by atoms with Gasteiger partial charge < -0.3 is 0 Å². The van der Waals surface area contributed by atoms with Gasteiger partial charge in [-0.3, -0.25) is 0 Å². The highest BCUT2D eigenvalue weighted by Gasteiger charge is 2.40. The summed E-state index contributed by atoms with van der Waals surface area (Å²) in [6, 6.07) is 35.4. The van der Waals surface area contributed by atoms with Gasteiger partial charge in [0.05, 0.1) is 0 Å². The molecule has 4 aromatic carbocycles. The van der Waals surface area contributed by atoms with E-state index in [0.717, 1.165) is 0 Å². The second-order valence-corrected chi connectivity index (χ2v) is 7.67. The maximum atomic E-state index is 2.40. The Bertz CT molecular complexity index is 1120. The van der Waals surface area contributed by atoms with Gasteiger partial charge in [-0.2, -0.15) is 0 Å². The van der Waals surface area contributed by atoms with Crippen LogP contribution in [-0.4, -0.2) is 0 Å². The van der Waals surface area contributed by atoms with E-state index in [1.54, 1.807) is 0 Å². The zero-order valence-electron chi connectivity index (χ0n) is 15.7. The molecule has 0 aromatic heterocycles. The predicted octanol–water partition coefficient (Wildman–Crippen LogP) is 7.00. The molecule has 0 saturated carbocycles. The lowest BCUT2D eigenvalue weighted by molar-refractivity contribution is 0.713. The van der Waals surface area contributed by atoms with Crippen LogP contribution in [-0.2, 0) is 5.41 Å². The molecule has 0 heteroatoms. The zero-order chi connectivity index (χ0) is 18.4. The minimum atomic E-state index is -0.136. The molecule has 1 unspecified atom stereocenters. The number of fused-ring (bicyclic) bond motifs is 3. The van der Waals surface area contributed by atoms with Crippen molar-refractivity contribution in [3.05, 3.63) is 119 Å². The normalized spacial score (nSPS) is 17.4. The lowest BCUT2D eigenvalue weighted by Gasteiger charge is -2.29. The summed E-state index contributed by atoms with van der Waals surface area (Å²) in [5.41, 5.74) is 10.6. The van der Waals surface area contributed by atoms with Gasteiger partial charge in [0.1, 0.15) is 0 Å². The first-order chi connectivity index (χ1) is 13.2. The summed E-state index contributed by atoms with van der Waals surface area (Å²) < 4.78 is 0. The van der Waals surface area contributed by atoms with Crippen LogP contribution in [0.5, 0.6) is 0 Å². The molecule has 1 aliphatic carbocycles. The van der Waals surface area contributed by atoms with E-state index in [1.165, 1.54) is 44.5 Å². The molecule has 0 amide bonds. The second kappa shape index (κ2) is 5.96. The maximum Gasteiger partial charge on any atom is 0.0435 e. The monoisotopic (exact) mass is 346 g/mol. The van der Waals surface area contributed by atoms with E-state index in [2.05, 4.69) is 111 Å². The summed E-state index contributed by atoms with van der Waals surface area (Å²) in [5, 5.41) is 0. The summed E-state index contributed by atoms with van der Waals surface area (Å²) in [5.74, 6) is 0. The van der Waals surface area contributed by atoms with Gasteiger partial charge in [0.15, 0.2) is 0 Å². The minimum Gasteiger partial charge on any atom is -0.0622 e. The highest BCUT2D eigenvalue weighted by molar-refractivity contribution is 5.85. The smallest absolute Gasteiger partial charge is 0.0435 e. The van der Waals surface area contributed by atoms with Gasteiger partial charge in [0.25, 0.3) is 0 Å². The van der Waals surface area contributed by atoms with E-state index in [0.29, 0.717) is 0 Å². The van der Waals surface area contributed by atoms with Gasteiger partial charge in [-0.15, -0.1) is 0 Å². The Kier molecular flexibility index (Phi) is 3.55. The lowest BCUT2D eigenvalue weighted by Crippen LogP contribution is -2.22. The van der Waals surface area contributed by atoms with E-state index < -0.39 is 0 Å². The molecule has 0 heterocycles. The summed E-state index contributed by atoms with van der Waals surface area (Å²) >= 11 is 0. The van der Waals surface area contributed by atoms with Crippen LogP contribution < -0.4 is 0 Å². The van der Waals surface area contributed by atoms with E-state index >= 15 is 0 Å². The van der Waals surface area contributed by atoms with E-state index in [9.17, 15) is 0 Å². The summed E-state index contributed by atoms with van der Waals surface area (Å²) in [6.45, 7) is 4.56. The molecule has 27 heavy (non-hydrogen) atoms. The van der Waals surface area contributed by atoms with Crippen molar-refractivity contribution in [1.82, 2.24) is 0 Å². The van der Waals surface area contributed by atoms with Crippen molar-refractivity contribution in [2.45, 2.75) is 19.3 Å². The molecule has 1 atom stereocenters. The van der Waals surface area contributed by atoms with Crippen LogP contribution in [0.4, 0.5) is 0 Å². The SMILES string of the molecule is Cc1ccc2c(c1)C(C)(c1ccccc1)c1cc(-c3ccccc3)ccc1-2. The third kappa shape index (κ3) is 2.37. The molecule has 4 aromatic rings. The van der Waals surface area contributed by atoms with E-state index in [4.69, 9.17) is 0 Å². The Labute approximate surface area is 161 Å². The molecular weight excluding hydrogens is 324 g/mol. The molecular formula is C27H22. The quantitative estimate of drug-likeness (QED) is 0.367. The van der Waals surface area contributed by atoms with Crippen molar-refractivity contribution in [3.63, 3.8) is 0 Å². The van der Waals surface area contributed by atoms with Crippen molar-refractivity contribution in [1.29, 1.82) is 0 Å². The van der Waals surface area contributed by atoms with Crippen LogP contribution in [0, 0.1) is 6.92 Å². The molecule has 130 valence electrons. The van der Waals surface area contributed by atoms with Crippen LogP contribution in [0.2, 0.25) is 0 Å². The van der Waals surface area contributed by atoms with Gasteiger partial charge in [-0.25, -0.2) is 0 Å². The first-order valence-corrected chi connectivity index (χ1v) is 9.55. The van der Waals surface area contributed by atoms with Gasteiger partial charge in [0, 0.05) is 5.41 Å². The Balaban J connectivity index is 1.81. The Morgan fingerprint density at radius 2 is 1.15 bits per heavy atom. The van der Waals surface area contributed by atoms with E-state index in [1.807, 2.05) is 0 Å². The van der Waals surface area contributed by atoms with E-state index in [-0.39, 0.29) is 5.41 Å². The molecule has 0 bridgehead atoms. The third-order valence-electron chi connectivity index (χ3n) is 6.02. The molecule has 5 rings (SSSR count). The van der Waals surface area contributed by atoms with Crippen molar-refractivity contribution in [2.24, 2.45) is 0 Å². The Morgan fingerprint density at radius 1 is 0.556 bits per heavy atom.